The van der Waals surface area contributed by atoms with E-state index >= 15 is 0 Å². The van der Waals surface area contributed by atoms with Gasteiger partial charge in [-0.3, -0.25) is 10.3 Å². The van der Waals surface area contributed by atoms with Crippen LogP contribution >= 0.6 is 11.3 Å². The monoisotopic (exact) mass is 409 g/mol. The van der Waals surface area contributed by atoms with E-state index in [1.807, 2.05) is 18.2 Å². The fourth-order valence-electron chi connectivity index (χ4n) is 4.32. The minimum Gasteiger partial charge on any atom is -0.398 e. The van der Waals surface area contributed by atoms with Gasteiger partial charge < -0.3 is 16.2 Å². The zero-order chi connectivity index (χ0) is 20.0. The Morgan fingerprint density at radius 3 is 2.97 bits per heavy atom. The molecule has 3 aromatic rings. The van der Waals surface area contributed by atoms with Crippen molar-refractivity contribution in [2.75, 3.05) is 24.1 Å². The summed E-state index contributed by atoms with van der Waals surface area (Å²) >= 11 is 1.73. The quantitative estimate of drug-likeness (QED) is 0.373. The van der Waals surface area contributed by atoms with Crippen molar-refractivity contribution in [2.45, 2.75) is 31.9 Å². The number of hydrogen-bond donors (Lipinski definition) is 4. The molecule has 2 aliphatic rings. The second-order valence-electron chi connectivity index (χ2n) is 7.85. The standard InChI is InChI=1S/C21H24N6OS/c22-10-13-8-14(3-5-16(13)23)26-19-18-15-4-2-12(21(28)27-6-1-7-27)9-17(15)29-20(18)25-11-24-19/h3,5,8,10-12,21-22,28H,1-2,4,6-7,9,23H2,(H,24,25,26)/p+1/t12-,21?/m0/s1. The Morgan fingerprint density at radius 2 is 2.21 bits per heavy atom. The van der Waals surface area contributed by atoms with Crippen molar-refractivity contribution in [2.24, 2.45) is 5.92 Å². The van der Waals surface area contributed by atoms with E-state index in [2.05, 4.69) is 20.2 Å². The summed E-state index contributed by atoms with van der Waals surface area (Å²) in [5, 5.41) is 20.9. The fourth-order valence-corrected chi connectivity index (χ4v) is 5.60. The number of thiophene rings is 1. The van der Waals surface area contributed by atoms with Gasteiger partial charge in [-0.1, -0.05) is 0 Å². The Balaban J connectivity index is 1.46. The van der Waals surface area contributed by atoms with Crippen LogP contribution in [0.1, 0.15) is 28.8 Å². The summed E-state index contributed by atoms with van der Waals surface area (Å²) in [5.41, 5.74) is 9.58. The molecule has 0 spiro atoms. The van der Waals surface area contributed by atoms with Gasteiger partial charge in [-0.2, -0.15) is 0 Å². The molecule has 0 amide bonds. The van der Waals surface area contributed by atoms with Crippen LogP contribution < -0.4 is 16.5 Å². The first-order valence-electron chi connectivity index (χ1n) is 10.0. The summed E-state index contributed by atoms with van der Waals surface area (Å²) in [6.07, 6.45) is 6.80. The third kappa shape index (κ3) is 3.27. The molecule has 1 fully saturated rings. The molecule has 1 aliphatic heterocycles. The molecule has 6 N–H and O–H groups in total. The number of nitrogens with zero attached hydrogens (tertiary/aromatic N) is 3. The van der Waals surface area contributed by atoms with Gasteiger partial charge in [-0.25, -0.2) is 9.97 Å². The largest absolute Gasteiger partial charge is 0.398 e. The number of rotatable bonds is 5. The molecule has 1 aliphatic carbocycles. The minimum atomic E-state index is -0.327. The summed E-state index contributed by atoms with van der Waals surface area (Å²) in [7, 11) is 0. The second-order valence-corrected chi connectivity index (χ2v) is 8.93. The number of benzene rings is 1. The third-order valence-electron chi connectivity index (χ3n) is 6.10. The minimum absolute atomic E-state index is 0.292. The van der Waals surface area contributed by atoms with Crippen molar-refractivity contribution in [3.8, 4) is 0 Å². The Labute approximate surface area is 173 Å². The molecule has 7 nitrogen and oxygen atoms in total. The number of nitrogens with one attached hydrogen (secondary N) is 1. The van der Waals surface area contributed by atoms with Crippen LogP contribution in [0.5, 0.6) is 0 Å². The summed E-state index contributed by atoms with van der Waals surface area (Å²) in [6.45, 7) is 2.03. The fraction of sp³-hybridized carbons (Fsp3) is 0.381. The Kier molecular flexibility index (Phi) is 4.69. The number of aryl methyl sites for hydroxylation is 1. The van der Waals surface area contributed by atoms with Crippen LogP contribution in [0, 0.1) is 5.92 Å². The van der Waals surface area contributed by atoms with E-state index in [1.54, 1.807) is 17.7 Å². The summed E-state index contributed by atoms with van der Waals surface area (Å²) in [6, 6.07) is 5.68. The first-order chi connectivity index (χ1) is 14.1. The SMILES string of the molecule is Nc1ccc(Nc2ncnc3sc4c(c23)CC[C@H](C(O)N2CCC2)C4)cc1C=[NH2+]. The van der Waals surface area contributed by atoms with Crippen molar-refractivity contribution < 1.29 is 10.5 Å². The zero-order valence-electron chi connectivity index (χ0n) is 16.1. The Morgan fingerprint density at radius 1 is 1.34 bits per heavy atom. The molecule has 0 radical (unpaired) electrons. The van der Waals surface area contributed by atoms with Gasteiger partial charge in [-0.05, 0) is 49.4 Å². The van der Waals surface area contributed by atoms with E-state index in [0.717, 1.165) is 59.6 Å². The molecule has 0 saturated carbocycles. The number of nitrogens with two attached hydrogens (primary N) is 2. The van der Waals surface area contributed by atoms with E-state index in [9.17, 15) is 5.11 Å². The van der Waals surface area contributed by atoms with Crippen LogP contribution in [-0.4, -0.2) is 45.5 Å². The molecule has 1 saturated heterocycles. The van der Waals surface area contributed by atoms with Crippen LogP contribution in [0.2, 0.25) is 0 Å². The molecule has 3 heterocycles. The summed E-state index contributed by atoms with van der Waals surface area (Å²) < 4.78 is 0. The number of aliphatic hydroxyl groups is 1. The predicted octanol–water partition coefficient (Wildman–Crippen LogP) is 1.32. The highest BCUT2D eigenvalue weighted by molar-refractivity contribution is 7.19. The molecule has 8 heteroatoms. The van der Waals surface area contributed by atoms with Gasteiger partial charge in [-0.15, -0.1) is 11.3 Å². The molecule has 1 aromatic carbocycles. The van der Waals surface area contributed by atoms with E-state index in [-0.39, 0.29) is 6.23 Å². The highest BCUT2D eigenvalue weighted by Crippen LogP contribution is 2.41. The maximum absolute atomic E-state index is 10.7. The van der Waals surface area contributed by atoms with E-state index in [1.165, 1.54) is 23.1 Å². The number of fused-ring (bicyclic) bond motifs is 3. The van der Waals surface area contributed by atoms with Gasteiger partial charge in [0.1, 0.15) is 23.2 Å². The maximum atomic E-state index is 10.7. The lowest BCUT2D eigenvalue weighted by molar-refractivity contribution is -0.104. The molecule has 0 bridgehead atoms. The van der Waals surface area contributed by atoms with Crippen LogP contribution in [0.25, 0.3) is 10.2 Å². The first kappa shape index (κ1) is 18.5. The van der Waals surface area contributed by atoms with Gasteiger partial charge in [0, 0.05) is 35.3 Å². The average molecular weight is 410 g/mol. The van der Waals surface area contributed by atoms with Gasteiger partial charge in [0.25, 0.3) is 0 Å². The van der Waals surface area contributed by atoms with Gasteiger partial charge in [0.15, 0.2) is 6.21 Å². The number of anilines is 3. The molecule has 1 unspecified atom stereocenters. The number of hydrogen-bond acceptors (Lipinski definition) is 7. The zero-order valence-corrected chi connectivity index (χ0v) is 17.0. The molecule has 29 heavy (non-hydrogen) atoms. The molecular formula is C21H25N6OS+. The van der Waals surface area contributed by atoms with Crippen molar-refractivity contribution in [1.29, 1.82) is 0 Å². The second kappa shape index (κ2) is 7.37. The van der Waals surface area contributed by atoms with Crippen molar-refractivity contribution >= 4 is 45.0 Å². The Bertz CT molecular complexity index is 1080. The predicted molar refractivity (Wildman–Crippen MR) is 116 cm³/mol. The normalized spacial score (nSPS) is 20.1. The third-order valence-corrected chi connectivity index (χ3v) is 7.26. The lowest BCUT2D eigenvalue weighted by Gasteiger charge is -2.40. The molecular weight excluding hydrogens is 384 g/mol. The highest BCUT2D eigenvalue weighted by atomic mass is 32.1. The molecule has 2 aromatic heterocycles. The van der Waals surface area contributed by atoms with Crippen molar-refractivity contribution in [3.05, 3.63) is 40.5 Å². The van der Waals surface area contributed by atoms with Crippen LogP contribution in [0.15, 0.2) is 24.5 Å². The summed E-state index contributed by atoms with van der Waals surface area (Å²) in [5.74, 6) is 1.10. The number of aromatic nitrogens is 2. The van der Waals surface area contributed by atoms with Crippen molar-refractivity contribution in [1.82, 2.24) is 14.9 Å². The van der Waals surface area contributed by atoms with Crippen LogP contribution in [0.3, 0.4) is 0 Å². The number of likely N-dealkylation sites (tertiary alicyclic amines) is 1. The smallest absolute Gasteiger partial charge is 0.169 e. The van der Waals surface area contributed by atoms with Crippen molar-refractivity contribution in [3.63, 3.8) is 0 Å². The van der Waals surface area contributed by atoms with Crippen LogP contribution in [-0.2, 0) is 12.8 Å². The molecule has 5 rings (SSSR count). The average Bonchev–Trinajstić information content (AvgIpc) is 3.06. The van der Waals surface area contributed by atoms with E-state index < -0.39 is 0 Å². The van der Waals surface area contributed by atoms with E-state index in [0.29, 0.717) is 11.6 Å². The Hall–Kier alpha value is -2.55. The summed E-state index contributed by atoms with van der Waals surface area (Å²) in [4.78, 5) is 13.5. The van der Waals surface area contributed by atoms with Gasteiger partial charge >= 0.3 is 0 Å². The van der Waals surface area contributed by atoms with Gasteiger partial charge in [0.2, 0.25) is 0 Å². The lowest BCUT2D eigenvalue weighted by atomic mass is 9.85. The topological polar surface area (TPSA) is 113 Å². The molecule has 150 valence electrons. The maximum Gasteiger partial charge on any atom is 0.169 e. The van der Waals surface area contributed by atoms with Crippen LogP contribution in [0.4, 0.5) is 17.2 Å². The molecule has 2 atom stereocenters. The number of nitrogen functional groups attached to an aromatic ring is 1. The van der Waals surface area contributed by atoms with Gasteiger partial charge in [0.05, 0.1) is 10.9 Å². The lowest BCUT2D eigenvalue weighted by Crippen LogP contribution is -2.49. The highest BCUT2D eigenvalue weighted by Gasteiger charge is 2.33. The first-order valence-corrected chi connectivity index (χ1v) is 10.8. The van der Waals surface area contributed by atoms with E-state index in [4.69, 9.17) is 11.1 Å². The number of aliphatic hydroxyl groups excluding tert-OH is 1.